The summed E-state index contributed by atoms with van der Waals surface area (Å²) in [7, 11) is -5.70. The van der Waals surface area contributed by atoms with Gasteiger partial charge in [-0.05, 0) is 46.1 Å². The molecule has 1 aromatic heterocycles. The molecule has 2 heterocycles. The zero-order valence-electron chi connectivity index (χ0n) is 18.9. The Labute approximate surface area is 212 Å². The van der Waals surface area contributed by atoms with Crippen molar-refractivity contribution in [2.75, 3.05) is 4.72 Å². The average molecular weight is 586 g/mol. The first kappa shape index (κ1) is 25.8. The van der Waals surface area contributed by atoms with Crippen LogP contribution >= 0.6 is 15.9 Å². The minimum absolute atomic E-state index is 0.00739. The van der Waals surface area contributed by atoms with E-state index in [0.717, 1.165) is 0 Å². The summed E-state index contributed by atoms with van der Waals surface area (Å²) in [5.74, 6) is -0.669. The van der Waals surface area contributed by atoms with Crippen LogP contribution < -0.4 is 4.72 Å². The second-order valence-corrected chi connectivity index (χ2v) is 10.3. The van der Waals surface area contributed by atoms with Crippen LogP contribution in [-0.4, -0.2) is 34.6 Å². The van der Waals surface area contributed by atoms with Gasteiger partial charge in [-0.25, -0.2) is 9.78 Å². The molecule has 0 unspecified atom stereocenters. The van der Waals surface area contributed by atoms with Crippen molar-refractivity contribution in [3.05, 3.63) is 70.1 Å². The van der Waals surface area contributed by atoms with E-state index in [1.165, 1.54) is 35.3 Å². The lowest BCUT2D eigenvalue weighted by molar-refractivity contribution is -0.0429. The van der Waals surface area contributed by atoms with Crippen LogP contribution in [0.15, 0.2) is 51.7 Å². The van der Waals surface area contributed by atoms with Gasteiger partial charge in [-0.2, -0.15) is 21.6 Å². The molecule has 2 aliphatic rings. The molecule has 0 spiro atoms. The molecular weight excluding hydrogens is 567 g/mol. The SMILES string of the molecule is CCc1nc(C)c(C(=O)O)n1Cc1c2ccocc-2c(Br)c1-c1ccccc1NS(=O)(=O)C(F)(F)F. The Bertz CT molecular complexity index is 1540. The molecule has 1 aliphatic heterocycles. The van der Waals surface area contributed by atoms with E-state index in [0.29, 0.717) is 44.7 Å². The first-order valence-corrected chi connectivity index (χ1v) is 12.8. The fourth-order valence-corrected chi connectivity index (χ4v) is 5.48. The summed E-state index contributed by atoms with van der Waals surface area (Å²) in [6.45, 7) is 3.41. The molecule has 0 saturated carbocycles. The number of para-hydroxylation sites is 1. The minimum atomic E-state index is -5.70. The zero-order valence-corrected chi connectivity index (χ0v) is 21.3. The lowest BCUT2D eigenvalue weighted by atomic mass is 10.0. The summed E-state index contributed by atoms with van der Waals surface area (Å²) >= 11 is 3.49. The number of fused-ring (bicyclic) bond motifs is 1. The molecule has 13 heteroatoms. The number of carboxylic acids is 1. The highest BCUT2D eigenvalue weighted by Crippen LogP contribution is 2.48. The standard InChI is InChI=1S/C23H19BrF3N3O5S/c1-3-18-28-12(2)21(22(31)32)30(18)10-15-13-8-9-35-11-16(13)20(24)19(15)14-6-4-5-7-17(14)29-36(33,34)23(25,26)27/h4-9,11,29H,3,10H2,1-2H3,(H,31,32). The Morgan fingerprint density at radius 3 is 2.53 bits per heavy atom. The van der Waals surface area contributed by atoms with Gasteiger partial charge >= 0.3 is 21.5 Å². The van der Waals surface area contributed by atoms with Gasteiger partial charge in [0, 0.05) is 27.6 Å². The van der Waals surface area contributed by atoms with E-state index < -0.39 is 21.5 Å². The number of anilines is 1. The first-order valence-electron chi connectivity index (χ1n) is 10.5. The van der Waals surface area contributed by atoms with Crippen LogP contribution in [0.1, 0.15) is 34.5 Å². The van der Waals surface area contributed by atoms with Crippen molar-refractivity contribution in [3.63, 3.8) is 0 Å². The fourth-order valence-electron chi connectivity index (χ4n) is 4.14. The number of imidazole rings is 1. The molecule has 0 atom stereocenters. The number of sulfonamides is 1. The van der Waals surface area contributed by atoms with Gasteiger partial charge in [-0.15, -0.1) is 0 Å². The summed E-state index contributed by atoms with van der Waals surface area (Å²) in [5, 5.41) is 9.82. The molecule has 0 amide bonds. The number of halogens is 4. The molecule has 190 valence electrons. The number of benzene rings is 1. The molecule has 0 bridgehead atoms. The number of aromatic carboxylic acids is 1. The van der Waals surface area contributed by atoms with E-state index in [1.807, 2.05) is 6.92 Å². The largest absolute Gasteiger partial charge is 0.516 e. The van der Waals surface area contributed by atoms with Gasteiger partial charge in [-0.1, -0.05) is 25.1 Å². The number of alkyl halides is 3. The second kappa shape index (κ2) is 9.28. The van der Waals surface area contributed by atoms with Crippen LogP contribution in [-0.2, 0) is 23.0 Å². The van der Waals surface area contributed by atoms with Crippen molar-refractivity contribution in [1.29, 1.82) is 0 Å². The maximum Gasteiger partial charge on any atom is 0.516 e. The van der Waals surface area contributed by atoms with E-state index in [2.05, 4.69) is 20.9 Å². The summed E-state index contributed by atoms with van der Waals surface area (Å²) in [6, 6.07) is 7.31. The zero-order chi connectivity index (χ0) is 26.4. The Kier molecular flexibility index (Phi) is 6.64. The van der Waals surface area contributed by atoms with E-state index in [-0.39, 0.29) is 23.5 Å². The van der Waals surface area contributed by atoms with E-state index >= 15 is 0 Å². The van der Waals surface area contributed by atoms with Gasteiger partial charge in [0.2, 0.25) is 0 Å². The predicted molar refractivity (Wildman–Crippen MR) is 129 cm³/mol. The maximum absolute atomic E-state index is 13.1. The van der Waals surface area contributed by atoms with Crippen LogP contribution in [0.4, 0.5) is 18.9 Å². The average Bonchev–Trinajstić information content (AvgIpc) is 3.27. The first-order chi connectivity index (χ1) is 16.9. The Balaban J connectivity index is 1.98. The van der Waals surface area contributed by atoms with Gasteiger partial charge < -0.3 is 14.1 Å². The topological polar surface area (TPSA) is 114 Å². The van der Waals surface area contributed by atoms with Crippen molar-refractivity contribution in [3.8, 4) is 22.3 Å². The smallest absolute Gasteiger partial charge is 0.477 e. The lowest BCUT2D eigenvalue weighted by Crippen LogP contribution is -2.30. The van der Waals surface area contributed by atoms with Crippen molar-refractivity contribution < 1.29 is 35.9 Å². The number of hydrogen-bond acceptors (Lipinski definition) is 5. The van der Waals surface area contributed by atoms with Gasteiger partial charge in [0.05, 0.1) is 30.5 Å². The van der Waals surface area contributed by atoms with Crippen LogP contribution in [0.25, 0.3) is 22.3 Å². The molecule has 2 aromatic rings. The summed E-state index contributed by atoms with van der Waals surface area (Å²) in [6.07, 6.45) is 3.28. The number of hydrogen-bond donors (Lipinski definition) is 2. The summed E-state index contributed by atoms with van der Waals surface area (Å²) < 4.78 is 72.1. The number of aromatic nitrogens is 2. The Hall–Kier alpha value is -3.32. The van der Waals surface area contributed by atoms with E-state index in [1.54, 1.807) is 23.8 Å². The van der Waals surface area contributed by atoms with Gasteiger partial charge in [0.1, 0.15) is 5.82 Å². The van der Waals surface area contributed by atoms with Gasteiger partial charge in [0.15, 0.2) is 5.69 Å². The summed E-state index contributed by atoms with van der Waals surface area (Å²) in [4.78, 5) is 16.4. The van der Waals surface area contributed by atoms with Crippen molar-refractivity contribution in [2.45, 2.75) is 32.3 Å². The van der Waals surface area contributed by atoms with Crippen LogP contribution in [0.3, 0.4) is 0 Å². The number of carboxylic acid groups (broad SMARTS) is 1. The molecule has 1 aliphatic carbocycles. The highest BCUT2D eigenvalue weighted by atomic mass is 79.9. The van der Waals surface area contributed by atoms with Crippen molar-refractivity contribution >= 4 is 37.6 Å². The van der Waals surface area contributed by atoms with Crippen molar-refractivity contribution in [1.82, 2.24) is 9.55 Å². The van der Waals surface area contributed by atoms with Crippen LogP contribution in [0.2, 0.25) is 0 Å². The monoisotopic (exact) mass is 585 g/mol. The minimum Gasteiger partial charge on any atom is -0.477 e. The third kappa shape index (κ3) is 4.37. The molecule has 0 saturated heterocycles. The Morgan fingerprint density at radius 1 is 1.19 bits per heavy atom. The molecule has 8 nitrogen and oxygen atoms in total. The molecule has 4 rings (SSSR count). The number of carbonyl (C=O) groups is 1. The number of nitrogens with one attached hydrogen (secondary N) is 1. The number of aryl methyl sites for hydroxylation is 2. The molecule has 2 N–H and O–H groups in total. The fraction of sp³-hybridized carbons (Fsp3) is 0.217. The normalized spacial score (nSPS) is 12.3. The maximum atomic E-state index is 13.1. The quantitative estimate of drug-likeness (QED) is 0.279. The molecule has 1 aromatic carbocycles. The van der Waals surface area contributed by atoms with Crippen molar-refractivity contribution in [2.24, 2.45) is 0 Å². The van der Waals surface area contributed by atoms with Crippen LogP contribution in [0, 0.1) is 6.92 Å². The highest BCUT2D eigenvalue weighted by Gasteiger charge is 2.46. The lowest BCUT2D eigenvalue weighted by Gasteiger charge is -2.17. The number of nitrogens with zero attached hydrogens (tertiary/aromatic N) is 2. The number of rotatable bonds is 7. The Morgan fingerprint density at radius 2 is 1.89 bits per heavy atom. The molecule has 36 heavy (non-hydrogen) atoms. The molecular formula is C23H19BrF3N3O5S. The van der Waals surface area contributed by atoms with E-state index in [4.69, 9.17) is 4.42 Å². The molecule has 0 fully saturated rings. The van der Waals surface area contributed by atoms with E-state index in [9.17, 15) is 31.5 Å². The summed E-state index contributed by atoms with van der Waals surface area (Å²) in [5.41, 5.74) is -3.20. The third-order valence-corrected chi connectivity index (χ3v) is 7.60. The van der Waals surface area contributed by atoms with Crippen LogP contribution in [0.5, 0.6) is 0 Å². The predicted octanol–water partition coefficient (Wildman–Crippen LogP) is 5.89. The van der Waals surface area contributed by atoms with Gasteiger partial charge in [-0.3, -0.25) is 4.72 Å². The van der Waals surface area contributed by atoms with Gasteiger partial charge in [0.25, 0.3) is 0 Å². The highest BCUT2D eigenvalue weighted by molar-refractivity contribution is 9.10. The molecule has 0 radical (unpaired) electrons. The second-order valence-electron chi connectivity index (χ2n) is 7.86. The third-order valence-electron chi connectivity index (χ3n) is 5.67.